The number of nitrogen functional groups attached to an aromatic ring is 1. The van der Waals surface area contributed by atoms with E-state index < -0.39 is 5.97 Å². The predicted octanol–water partition coefficient (Wildman–Crippen LogP) is 4.31. The second-order valence-electron chi connectivity index (χ2n) is 5.51. The minimum absolute atomic E-state index is 0.136. The van der Waals surface area contributed by atoms with Crippen LogP contribution < -0.4 is 5.73 Å². The van der Waals surface area contributed by atoms with E-state index in [0.717, 1.165) is 11.1 Å². The van der Waals surface area contributed by atoms with Gasteiger partial charge in [-0.2, -0.15) is 5.26 Å². The zero-order chi connectivity index (χ0) is 18.7. The molecule has 0 aliphatic carbocycles. The predicted molar refractivity (Wildman–Crippen MR) is 101 cm³/mol. The number of carbonyl (C=O) groups is 1. The zero-order valence-corrected chi connectivity index (χ0v) is 14.6. The van der Waals surface area contributed by atoms with Crippen LogP contribution >= 0.6 is 11.6 Å². The summed E-state index contributed by atoms with van der Waals surface area (Å²) in [5, 5.41) is 10.1. The lowest BCUT2D eigenvalue weighted by molar-refractivity contribution is 0.0601. The smallest absolute Gasteiger partial charge is 0.337 e. The first-order valence-electron chi connectivity index (χ1n) is 7.69. The topological polar surface area (TPSA) is 89.0 Å². The molecule has 0 fully saturated rings. The number of hydrogen-bond donors (Lipinski definition) is 1. The third-order valence-corrected chi connectivity index (χ3v) is 4.13. The highest BCUT2D eigenvalue weighted by Gasteiger charge is 2.14. The monoisotopic (exact) mass is 363 g/mol. The molecule has 0 amide bonds. The Kier molecular flexibility index (Phi) is 4.87. The number of anilines is 1. The summed E-state index contributed by atoms with van der Waals surface area (Å²) in [5.41, 5.74) is 9.48. The fourth-order valence-corrected chi connectivity index (χ4v) is 2.80. The normalized spacial score (nSPS) is 10.2. The number of carbonyl (C=O) groups excluding carboxylic acids is 1. The summed E-state index contributed by atoms with van der Waals surface area (Å²) >= 11 is 6.06. The average Bonchev–Trinajstić information content (AvgIpc) is 2.67. The van der Waals surface area contributed by atoms with Crippen LogP contribution in [0.25, 0.3) is 22.4 Å². The number of nitriles is 1. The molecule has 1 heterocycles. The van der Waals surface area contributed by atoms with Crippen molar-refractivity contribution in [1.82, 2.24) is 4.98 Å². The van der Waals surface area contributed by atoms with Gasteiger partial charge in [0.1, 0.15) is 17.5 Å². The quantitative estimate of drug-likeness (QED) is 0.700. The van der Waals surface area contributed by atoms with Crippen molar-refractivity contribution >= 4 is 23.4 Å². The highest BCUT2D eigenvalue weighted by Crippen LogP contribution is 2.32. The van der Waals surface area contributed by atoms with Crippen LogP contribution in [0.15, 0.2) is 54.6 Å². The molecule has 3 aromatic rings. The largest absolute Gasteiger partial charge is 0.465 e. The summed E-state index contributed by atoms with van der Waals surface area (Å²) in [6.45, 7) is 0. The van der Waals surface area contributed by atoms with Crippen molar-refractivity contribution in [2.45, 2.75) is 0 Å². The number of aromatic nitrogens is 1. The second kappa shape index (κ2) is 7.26. The first kappa shape index (κ1) is 17.5. The van der Waals surface area contributed by atoms with Crippen LogP contribution in [0.3, 0.4) is 0 Å². The minimum Gasteiger partial charge on any atom is -0.465 e. The Balaban J connectivity index is 2.14. The molecule has 26 heavy (non-hydrogen) atoms. The van der Waals surface area contributed by atoms with E-state index in [1.165, 1.54) is 7.11 Å². The Morgan fingerprint density at radius 2 is 1.88 bits per heavy atom. The molecule has 0 bridgehead atoms. The van der Waals surface area contributed by atoms with Crippen molar-refractivity contribution in [3.8, 4) is 28.5 Å². The summed E-state index contributed by atoms with van der Waals surface area (Å²) in [6.07, 6.45) is 0. The number of nitrogens with zero attached hydrogens (tertiary/aromatic N) is 2. The van der Waals surface area contributed by atoms with Crippen molar-refractivity contribution in [2.24, 2.45) is 0 Å². The molecule has 1 aromatic heterocycles. The van der Waals surface area contributed by atoms with Gasteiger partial charge in [-0.25, -0.2) is 9.78 Å². The van der Waals surface area contributed by atoms with Gasteiger partial charge >= 0.3 is 5.97 Å². The van der Waals surface area contributed by atoms with E-state index in [1.54, 1.807) is 42.5 Å². The fraction of sp³-hybridized carbons (Fsp3) is 0.0500. The third-order valence-electron chi connectivity index (χ3n) is 3.90. The molecule has 0 unspecified atom stereocenters. The molecule has 5 nitrogen and oxygen atoms in total. The van der Waals surface area contributed by atoms with Gasteiger partial charge in [-0.15, -0.1) is 0 Å². The fourth-order valence-electron chi connectivity index (χ4n) is 2.61. The molecule has 0 atom stereocenters. The third kappa shape index (κ3) is 3.37. The number of esters is 1. The van der Waals surface area contributed by atoms with E-state index in [4.69, 9.17) is 22.1 Å². The molecule has 2 aromatic carbocycles. The summed E-state index contributed by atoms with van der Waals surface area (Å²) < 4.78 is 4.70. The summed E-state index contributed by atoms with van der Waals surface area (Å²) in [7, 11) is 1.32. The molecule has 6 heteroatoms. The Hall–Kier alpha value is -3.36. The first-order valence-corrected chi connectivity index (χ1v) is 8.06. The van der Waals surface area contributed by atoms with Crippen LogP contribution in [0.1, 0.15) is 15.9 Å². The highest BCUT2D eigenvalue weighted by molar-refractivity contribution is 6.30. The number of rotatable bonds is 3. The summed E-state index contributed by atoms with van der Waals surface area (Å²) in [6, 6.07) is 17.9. The molecule has 0 saturated heterocycles. The van der Waals surface area contributed by atoms with E-state index in [-0.39, 0.29) is 11.4 Å². The SMILES string of the molecule is COC(=O)c1ccc(-c2cc(-c3cccc(Cl)c3)nc(N)c2C#N)cc1. The lowest BCUT2D eigenvalue weighted by Crippen LogP contribution is -2.02. The maximum atomic E-state index is 11.6. The van der Waals surface area contributed by atoms with Crippen molar-refractivity contribution in [3.63, 3.8) is 0 Å². The maximum Gasteiger partial charge on any atom is 0.337 e. The molecule has 128 valence electrons. The molecule has 0 aliphatic heterocycles. The van der Waals surface area contributed by atoms with Gasteiger partial charge in [-0.05, 0) is 35.9 Å². The van der Waals surface area contributed by atoms with Gasteiger partial charge in [-0.1, -0.05) is 35.9 Å². The van der Waals surface area contributed by atoms with E-state index >= 15 is 0 Å². The number of benzene rings is 2. The summed E-state index contributed by atoms with van der Waals surface area (Å²) in [5.74, 6) is -0.289. The Labute approximate surface area is 155 Å². The van der Waals surface area contributed by atoms with Gasteiger partial charge in [0.15, 0.2) is 0 Å². The molecule has 3 rings (SSSR count). The molecule has 0 spiro atoms. The Bertz CT molecular complexity index is 1020. The first-order chi connectivity index (χ1) is 12.5. The maximum absolute atomic E-state index is 11.6. The van der Waals surface area contributed by atoms with E-state index in [2.05, 4.69) is 11.1 Å². The van der Waals surface area contributed by atoms with Crippen molar-refractivity contribution in [3.05, 3.63) is 70.7 Å². The van der Waals surface area contributed by atoms with Gasteiger partial charge in [0, 0.05) is 16.1 Å². The van der Waals surface area contributed by atoms with Gasteiger partial charge in [0.2, 0.25) is 0 Å². The number of pyridine rings is 1. The van der Waals surface area contributed by atoms with Crippen LogP contribution in [0.4, 0.5) is 5.82 Å². The van der Waals surface area contributed by atoms with Crippen molar-refractivity contribution < 1.29 is 9.53 Å². The van der Waals surface area contributed by atoms with Gasteiger partial charge in [-0.3, -0.25) is 0 Å². The molecule has 2 N–H and O–H groups in total. The van der Waals surface area contributed by atoms with E-state index in [1.807, 2.05) is 12.1 Å². The highest BCUT2D eigenvalue weighted by atomic mass is 35.5. The van der Waals surface area contributed by atoms with Gasteiger partial charge < -0.3 is 10.5 Å². The van der Waals surface area contributed by atoms with Crippen molar-refractivity contribution in [1.29, 1.82) is 5.26 Å². The summed E-state index contributed by atoms with van der Waals surface area (Å²) in [4.78, 5) is 15.9. The number of ether oxygens (including phenoxy) is 1. The van der Waals surface area contributed by atoms with Crippen LogP contribution in [0, 0.1) is 11.3 Å². The number of halogens is 1. The molecular formula is C20H14ClN3O2. The standard InChI is InChI=1S/C20H14ClN3O2/c1-26-20(25)13-7-5-12(6-8-13)16-10-18(24-19(23)17(16)11-22)14-3-2-4-15(21)9-14/h2-10H,1H3,(H2,23,24). The zero-order valence-electron chi connectivity index (χ0n) is 13.9. The number of hydrogen-bond acceptors (Lipinski definition) is 5. The molecular weight excluding hydrogens is 350 g/mol. The number of methoxy groups -OCH3 is 1. The molecule has 0 aliphatic rings. The van der Waals surface area contributed by atoms with Crippen LogP contribution in [-0.2, 0) is 4.74 Å². The van der Waals surface area contributed by atoms with Crippen LogP contribution in [0.2, 0.25) is 5.02 Å². The lowest BCUT2D eigenvalue weighted by Gasteiger charge is -2.11. The lowest BCUT2D eigenvalue weighted by atomic mass is 9.97. The van der Waals surface area contributed by atoms with Crippen molar-refractivity contribution in [2.75, 3.05) is 12.8 Å². The van der Waals surface area contributed by atoms with Gasteiger partial charge in [0.25, 0.3) is 0 Å². The minimum atomic E-state index is -0.425. The molecule has 0 saturated carbocycles. The Morgan fingerprint density at radius 1 is 1.15 bits per heavy atom. The van der Waals surface area contributed by atoms with E-state index in [9.17, 15) is 10.1 Å². The average molecular weight is 364 g/mol. The van der Waals surface area contributed by atoms with Crippen LogP contribution in [-0.4, -0.2) is 18.1 Å². The van der Waals surface area contributed by atoms with Gasteiger partial charge in [0.05, 0.1) is 18.4 Å². The van der Waals surface area contributed by atoms with Crippen LogP contribution in [0.5, 0.6) is 0 Å². The second-order valence-corrected chi connectivity index (χ2v) is 5.94. The number of nitrogens with two attached hydrogens (primary N) is 1. The van der Waals surface area contributed by atoms with E-state index in [0.29, 0.717) is 21.8 Å². The Morgan fingerprint density at radius 3 is 2.50 bits per heavy atom. The molecule has 0 radical (unpaired) electrons.